The standard InChI is InChI=1S/C9H17FN2.ClH/c10-9-2-4-12(7-9)6-8-1-3-11-5-8;/h8-9,11H,1-7H2;1H. The van der Waals surface area contributed by atoms with E-state index < -0.39 is 6.17 Å². The SMILES string of the molecule is Cl.FC1CCN(CC2CCNC2)C1. The van der Waals surface area contributed by atoms with E-state index in [1.165, 1.54) is 6.42 Å². The molecule has 1 N–H and O–H groups in total. The van der Waals surface area contributed by atoms with Gasteiger partial charge in [-0.3, -0.25) is 0 Å². The molecule has 0 radical (unpaired) electrons. The summed E-state index contributed by atoms with van der Waals surface area (Å²) in [6.45, 7) is 5.03. The Balaban J connectivity index is 0.000000845. The number of alkyl halides is 1. The van der Waals surface area contributed by atoms with Crippen LogP contribution in [0.25, 0.3) is 0 Å². The summed E-state index contributed by atoms with van der Waals surface area (Å²) < 4.78 is 12.8. The number of halogens is 2. The van der Waals surface area contributed by atoms with Crippen molar-refractivity contribution < 1.29 is 4.39 Å². The van der Waals surface area contributed by atoms with Crippen molar-refractivity contribution >= 4 is 12.4 Å². The predicted molar refractivity (Wildman–Crippen MR) is 54.2 cm³/mol. The minimum atomic E-state index is -0.556. The molecular weight excluding hydrogens is 191 g/mol. The molecule has 0 aromatic carbocycles. The summed E-state index contributed by atoms with van der Waals surface area (Å²) >= 11 is 0. The summed E-state index contributed by atoms with van der Waals surface area (Å²) in [5.41, 5.74) is 0. The van der Waals surface area contributed by atoms with Crippen LogP contribution in [0.2, 0.25) is 0 Å². The molecule has 0 saturated carbocycles. The minimum Gasteiger partial charge on any atom is -0.316 e. The van der Waals surface area contributed by atoms with Gasteiger partial charge in [0.25, 0.3) is 0 Å². The summed E-state index contributed by atoms with van der Waals surface area (Å²) in [5.74, 6) is 0.773. The van der Waals surface area contributed by atoms with Crippen molar-refractivity contribution in [2.24, 2.45) is 5.92 Å². The van der Waals surface area contributed by atoms with Crippen LogP contribution in [0, 0.1) is 5.92 Å². The number of likely N-dealkylation sites (tertiary alicyclic amines) is 1. The molecule has 0 aromatic rings. The molecular formula is C9H18ClFN2. The number of nitrogens with one attached hydrogen (secondary N) is 1. The fourth-order valence-corrected chi connectivity index (χ4v) is 2.19. The molecule has 2 atom stereocenters. The van der Waals surface area contributed by atoms with E-state index in [2.05, 4.69) is 10.2 Å². The Morgan fingerprint density at radius 3 is 2.77 bits per heavy atom. The highest BCUT2D eigenvalue weighted by Crippen LogP contribution is 2.16. The van der Waals surface area contributed by atoms with Crippen molar-refractivity contribution in [1.82, 2.24) is 10.2 Å². The Labute approximate surface area is 85.3 Å². The Kier molecular flexibility index (Phi) is 4.42. The first-order valence-corrected chi connectivity index (χ1v) is 4.92. The zero-order valence-corrected chi connectivity index (χ0v) is 8.65. The Bertz CT molecular complexity index is 151. The predicted octanol–water partition coefficient (Wildman–Crippen LogP) is 1.06. The zero-order valence-electron chi connectivity index (χ0n) is 7.84. The molecule has 13 heavy (non-hydrogen) atoms. The molecule has 0 spiro atoms. The lowest BCUT2D eigenvalue weighted by Gasteiger charge is -2.18. The van der Waals surface area contributed by atoms with Crippen LogP contribution in [-0.2, 0) is 0 Å². The van der Waals surface area contributed by atoms with Gasteiger partial charge < -0.3 is 10.2 Å². The largest absolute Gasteiger partial charge is 0.316 e. The topological polar surface area (TPSA) is 15.3 Å². The first-order valence-electron chi connectivity index (χ1n) is 4.92. The van der Waals surface area contributed by atoms with Crippen LogP contribution in [-0.4, -0.2) is 43.8 Å². The van der Waals surface area contributed by atoms with Crippen molar-refractivity contribution in [2.45, 2.75) is 19.0 Å². The van der Waals surface area contributed by atoms with Gasteiger partial charge in [0.15, 0.2) is 0 Å². The van der Waals surface area contributed by atoms with Gasteiger partial charge in [0.1, 0.15) is 6.17 Å². The molecule has 2 aliphatic heterocycles. The van der Waals surface area contributed by atoms with Crippen molar-refractivity contribution in [2.75, 3.05) is 32.7 Å². The van der Waals surface area contributed by atoms with Gasteiger partial charge in [-0.25, -0.2) is 4.39 Å². The molecule has 2 heterocycles. The number of hydrogen-bond acceptors (Lipinski definition) is 2. The molecule has 2 saturated heterocycles. The van der Waals surface area contributed by atoms with Crippen LogP contribution in [0.3, 0.4) is 0 Å². The summed E-state index contributed by atoms with van der Waals surface area (Å²) in [5, 5.41) is 3.34. The molecule has 78 valence electrons. The van der Waals surface area contributed by atoms with E-state index in [1.807, 2.05) is 0 Å². The summed E-state index contributed by atoms with van der Waals surface area (Å²) in [6, 6.07) is 0. The molecule has 2 rings (SSSR count). The highest BCUT2D eigenvalue weighted by molar-refractivity contribution is 5.85. The quantitative estimate of drug-likeness (QED) is 0.730. The molecule has 0 bridgehead atoms. The maximum atomic E-state index is 12.8. The van der Waals surface area contributed by atoms with E-state index in [0.717, 1.165) is 38.5 Å². The van der Waals surface area contributed by atoms with Gasteiger partial charge in [0.05, 0.1) is 0 Å². The molecule has 2 aliphatic rings. The van der Waals surface area contributed by atoms with Crippen molar-refractivity contribution in [1.29, 1.82) is 0 Å². The second-order valence-electron chi connectivity index (χ2n) is 4.00. The van der Waals surface area contributed by atoms with Gasteiger partial charge in [-0.2, -0.15) is 0 Å². The third-order valence-corrected chi connectivity index (χ3v) is 2.89. The second kappa shape index (κ2) is 5.13. The highest BCUT2D eigenvalue weighted by Gasteiger charge is 2.25. The Morgan fingerprint density at radius 2 is 2.23 bits per heavy atom. The fourth-order valence-electron chi connectivity index (χ4n) is 2.19. The lowest BCUT2D eigenvalue weighted by atomic mass is 10.1. The first kappa shape index (κ1) is 11.2. The number of rotatable bonds is 2. The average Bonchev–Trinajstić information content (AvgIpc) is 2.63. The molecule has 0 aromatic heterocycles. The van der Waals surface area contributed by atoms with Gasteiger partial charge in [-0.15, -0.1) is 12.4 Å². The zero-order chi connectivity index (χ0) is 8.39. The van der Waals surface area contributed by atoms with E-state index in [9.17, 15) is 4.39 Å². The summed E-state index contributed by atoms with van der Waals surface area (Å²) in [6.07, 6.45) is 1.47. The van der Waals surface area contributed by atoms with Gasteiger partial charge in [0, 0.05) is 19.6 Å². The van der Waals surface area contributed by atoms with Gasteiger partial charge in [0.2, 0.25) is 0 Å². The highest BCUT2D eigenvalue weighted by atomic mass is 35.5. The normalized spacial score (nSPS) is 34.8. The maximum absolute atomic E-state index is 12.8. The number of nitrogens with zero attached hydrogens (tertiary/aromatic N) is 1. The van der Waals surface area contributed by atoms with Crippen LogP contribution in [0.5, 0.6) is 0 Å². The van der Waals surface area contributed by atoms with Crippen LogP contribution < -0.4 is 5.32 Å². The number of hydrogen-bond donors (Lipinski definition) is 1. The van der Waals surface area contributed by atoms with E-state index in [4.69, 9.17) is 0 Å². The van der Waals surface area contributed by atoms with Crippen LogP contribution in [0.1, 0.15) is 12.8 Å². The lowest BCUT2D eigenvalue weighted by molar-refractivity contribution is 0.257. The molecule has 0 amide bonds. The monoisotopic (exact) mass is 208 g/mol. The van der Waals surface area contributed by atoms with Crippen molar-refractivity contribution in [3.63, 3.8) is 0 Å². The van der Waals surface area contributed by atoms with E-state index >= 15 is 0 Å². The average molecular weight is 209 g/mol. The summed E-state index contributed by atoms with van der Waals surface area (Å²) in [4.78, 5) is 2.27. The minimum absolute atomic E-state index is 0. The van der Waals surface area contributed by atoms with E-state index in [-0.39, 0.29) is 12.4 Å². The third kappa shape index (κ3) is 3.08. The smallest absolute Gasteiger partial charge is 0.114 e. The van der Waals surface area contributed by atoms with Crippen LogP contribution in [0.15, 0.2) is 0 Å². The van der Waals surface area contributed by atoms with Crippen LogP contribution >= 0.6 is 12.4 Å². The van der Waals surface area contributed by atoms with E-state index in [1.54, 1.807) is 0 Å². The molecule has 2 fully saturated rings. The maximum Gasteiger partial charge on any atom is 0.114 e. The third-order valence-electron chi connectivity index (χ3n) is 2.89. The molecule has 2 nitrogen and oxygen atoms in total. The van der Waals surface area contributed by atoms with Gasteiger partial charge in [-0.05, 0) is 31.8 Å². The van der Waals surface area contributed by atoms with E-state index in [0.29, 0.717) is 6.54 Å². The molecule has 4 heteroatoms. The second-order valence-corrected chi connectivity index (χ2v) is 4.00. The molecule has 0 aliphatic carbocycles. The van der Waals surface area contributed by atoms with Crippen LogP contribution in [0.4, 0.5) is 4.39 Å². The van der Waals surface area contributed by atoms with Gasteiger partial charge >= 0.3 is 0 Å². The lowest BCUT2D eigenvalue weighted by Crippen LogP contribution is -2.28. The first-order chi connectivity index (χ1) is 5.84. The molecule has 2 unspecified atom stereocenters. The fraction of sp³-hybridized carbons (Fsp3) is 1.00. The summed E-state index contributed by atoms with van der Waals surface area (Å²) in [7, 11) is 0. The van der Waals surface area contributed by atoms with Gasteiger partial charge in [-0.1, -0.05) is 0 Å². The van der Waals surface area contributed by atoms with Crippen molar-refractivity contribution in [3.8, 4) is 0 Å². The Hall–Kier alpha value is 0.140. The van der Waals surface area contributed by atoms with Crippen molar-refractivity contribution in [3.05, 3.63) is 0 Å². The Morgan fingerprint density at radius 1 is 1.38 bits per heavy atom.